The van der Waals surface area contributed by atoms with Crippen LogP contribution in [0.2, 0.25) is 0 Å². The third-order valence-corrected chi connectivity index (χ3v) is 2.41. The minimum atomic E-state index is 0.0939. The highest BCUT2D eigenvalue weighted by Crippen LogP contribution is 2.22. The maximum Gasteiger partial charge on any atom is 0.223 e. The van der Waals surface area contributed by atoms with Gasteiger partial charge in [-0.2, -0.15) is 0 Å². The van der Waals surface area contributed by atoms with E-state index in [4.69, 9.17) is 10.5 Å². The van der Waals surface area contributed by atoms with Gasteiger partial charge in [0.05, 0.1) is 6.61 Å². The third kappa shape index (κ3) is 4.53. The Kier molecular flexibility index (Phi) is 5.30. The minimum Gasteiger partial charge on any atom is -0.494 e. The molecule has 0 aromatic heterocycles. The lowest BCUT2D eigenvalue weighted by molar-refractivity contribution is -0.128. The maximum atomic E-state index is 11.4. The molecule has 0 unspecified atom stereocenters. The first-order chi connectivity index (χ1) is 8.52. The van der Waals surface area contributed by atoms with Gasteiger partial charge in [-0.05, 0) is 13.0 Å². The van der Waals surface area contributed by atoms with Crippen LogP contribution in [0.3, 0.4) is 0 Å². The number of anilines is 2. The van der Waals surface area contributed by atoms with E-state index in [1.807, 2.05) is 19.1 Å². The van der Waals surface area contributed by atoms with Crippen molar-refractivity contribution in [2.24, 2.45) is 0 Å². The number of hydrogen-bond acceptors (Lipinski definition) is 4. The summed E-state index contributed by atoms with van der Waals surface area (Å²) in [5.41, 5.74) is 7.28. The van der Waals surface area contributed by atoms with Crippen LogP contribution in [0.4, 0.5) is 11.4 Å². The first kappa shape index (κ1) is 14.2. The number of benzene rings is 1. The molecule has 0 bridgehead atoms. The van der Waals surface area contributed by atoms with Crippen LogP contribution in [0.5, 0.6) is 5.75 Å². The van der Waals surface area contributed by atoms with Gasteiger partial charge in [-0.1, -0.05) is 0 Å². The summed E-state index contributed by atoms with van der Waals surface area (Å²) in [6.45, 7) is 3.10. The molecule has 0 heterocycles. The first-order valence-corrected chi connectivity index (χ1v) is 6.00. The highest BCUT2D eigenvalue weighted by atomic mass is 16.5. The van der Waals surface area contributed by atoms with E-state index >= 15 is 0 Å². The number of nitrogen functional groups attached to an aromatic ring is 1. The standard InChI is InChI=1S/C13H21N3O2/c1-4-18-12-8-10(14)7-11(9-12)15-6-5-13(17)16(2)3/h7-9,15H,4-6,14H2,1-3H3. The molecule has 1 rings (SSSR count). The van der Waals surface area contributed by atoms with Gasteiger partial charge in [0.1, 0.15) is 5.75 Å². The van der Waals surface area contributed by atoms with Crippen molar-refractivity contribution in [2.45, 2.75) is 13.3 Å². The monoisotopic (exact) mass is 251 g/mol. The molecular weight excluding hydrogens is 230 g/mol. The molecule has 0 aliphatic carbocycles. The number of carbonyl (C=O) groups excluding carboxylic acids is 1. The Morgan fingerprint density at radius 2 is 2.11 bits per heavy atom. The summed E-state index contributed by atoms with van der Waals surface area (Å²) < 4.78 is 5.40. The van der Waals surface area contributed by atoms with Crippen molar-refractivity contribution in [1.29, 1.82) is 0 Å². The van der Waals surface area contributed by atoms with Crippen molar-refractivity contribution < 1.29 is 9.53 Å². The van der Waals surface area contributed by atoms with Gasteiger partial charge >= 0.3 is 0 Å². The molecule has 1 amide bonds. The van der Waals surface area contributed by atoms with Gasteiger partial charge in [-0.25, -0.2) is 0 Å². The predicted octanol–water partition coefficient (Wildman–Crippen LogP) is 1.56. The lowest BCUT2D eigenvalue weighted by atomic mass is 10.2. The molecule has 0 aliphatic rings. The molecule has 0 radical (unpaired) electrons. The van der Waals surface area contributed by atoms with E-state index in [-0.39, 0.29) is 5.91 Å². The number of nitrogens with one attached hydrogen (secondary N) is 1. The molecule has 0 saturated heterocycles. The fraction of sp³-hybridized carbons (Fsp3) is 0.462. The van der Waals surface area contributed by atoms with E-state index in [0.29, 0.717) is 25.3 Å². The molecule has 0 spiro atoms. The lowest BCUT2D eigenvalue weighted by Crippen LogP contribution is -2.23. The summed E-state index contributed by atoms with van der Waals surface area (Å²) in [6, 6.07) is 5.47. The van der Waals surface area contributed by atoms with Crippen LogP contribution in [-0.4, -0.2) is 38.1 Å². The van der Waals surface area contributed by atoms with E-state index in [1.165, 1.54) is 0 Å². The summed E-state index contributed by atoms with van der Waals surface area (Å²) >= 11 is 0. The number of ether oxygens (including phenoxy) is 1. The van der Waals surface area contributed by atoms with Crippen molar-refractivity contribution >= 4 is 17.3 Å². The second-order valence-corrected chi connectivity index (χ2v) is 4.19. The minimum absolute atomic E-state index is 0.0939. The predicted molar refractivity (Wildman–Crippen MR) is 73.8 cm³/mol. The second-order valence-electron chi connectivity index (χ2n) is 4.19. The molecule has 0 aliphatic heterocycles. The number of rotatable bonds is 6. The van der Waals surface area contributed by atoms with Gasteiger partial charge < -0.3 is 20.7 Å². The Balaban J connectivity index is 2.54. The van der Waals surface area contributed by atoms with Gasteiger partial charge in [0.25, 0.3) is 0 Å². The average molecular weight is 251 g/mol. The quantitative estimate of drug-likeness (QED) is 0.753. The maximum absolute atomic E-state index is 11.4. The Hall–Kier alpha value is -1.91. The zero-order valence-electron chi connectivity index (χ0n) is 11.2. The molecule has 0 atom stereocenters. The number of nitrogens with zero attached hydrogens (tertiary/aromatic N) is 1. The topological polar surface area (TPSA) is 67.6 Å². The number of hydrogen-bond donors (Lipinski definition) is 2. The van der Waals surface area contributed by atoms with E-state index in [0.717, 1.165) is 11.4 Å². The molecule has 100 valence electrons. The van der Waals surface area contributed by atoms with Crippen molar-refractivity contribution in [3.63, 3.8) is 0 Å². The molecule has 1 aromatic rings. The van der Waals surface area contributed by atoms with Crippen LogP contribution in [-0.2, 0) is 4.79 Å². The number of nitrogens with two attached hydrogens (primary N) is 1. The SMILES string of the molecule is CCOc1cc(N)cc(NCCC(=O)N(C)C)c1. The van der Waals surface area contributed by atoms with E-state index in [9.17, 15) is 4.79 Å². The molecule has 18 heavy (non-hydrogen) atoms. The molecule has 0 saturated carbocycles. The third-order valence-electron chi connectivity index (χ3n) is 2.41. The van der Waals surface area contributed by atoms with Crippen LogP contribution >= 0.6 is 0 Å². The Bertz CT molecular complexity index is 405. The lowest BCUT2D eigenvalue weighted by Gasteiger charge is -2.12. The van der Waals surface area contributed by atoms with Crippen molar-refractivity contribution in [2.75, 3.05) is 38.3 Å². The molecule has 5 heteroatoms. The van der Waals surface area contributed by atoms with Crippen molar-refractivity contribution in [1.82, 2.24) is 4.90 Å². The van der Waals surface area contributed by atoms with Gasteiger partial charge in [-0.3, -0.25) is 4.79 Å². The van der Waals surface area contributed by atoms with E-state index in [1.54, 1.807) is 25.1 Å². The van der Waals surface area contributed by atoms with Crippen LogP contribution < -0.4 is 15.8 Å². The fourth-order valence-corrected chi connectivity index (χ4v) is 1.51. The fourth-order valence-electron chi connectivity index (χ4n) is 1.51. The first-order valence-electron chi connectivity index (χ1n) is 6.00. The van der Waals surface area contributed by atoms with E-state index in [2.05, 4.69) is 5.32 Å². The summed E-state index contributed by atoms with van der Waals surface area (Å²) in [5.74, 6) is 0.829. The number of carbonyl (C=O) groups is 1. The van der Waals surface area contributed by atoms with Crippen molar-refractivity contribution in [3.8, 4) is 5.75 Å². The zero-order valence-corrected chi connectivity index (χ0v) is 11.2. The van der Waals surface area contributed by atoms with E-state index < -0.39 is 0 Å². The van der Waals surface area contributed by atoms with Gasteiger partial charge in [0.2, 0.25) is 5.91 Å². The average Bonchev–Trinajstić information content (AvgIpc) is 2.28. The highest BCUT2D eigenvalue weighted by Gasteiger charge is 2.04. The summed E-state index contributed by atoms with van der Waals surface area (Å²) in [4.78, 5) is 13.0. The highest BCUT2D eigenvalue weighted by molar-refractivity contribution is 5.76. The summed E-state index contributed by atoms with van der Waals surface area (Å²) in [7, 11) is 3.49. The van der Waals surface area contributed by atoms with Gasteiger partial charge in [0, 0.05) is 50.6 Å². The molecule has 5 nitrogen and oxygen atoms in total. The van der Waals surface area contributed by atoms with Crippen LogP contribution in [0.1, 0.15) is 13.3 Å². The molecule has 1 aromatic carbocycles. The Morgan fingerprint density at radius 3 is 2.72 bits per heavy atom. The van der Waals surface area contributed by atoms with Gasteiger partial charge in [0.15, 0.2) is 0 Å². The Morgan fingerprint density at radius 1 is 1.39 bits per heavy atom. The van der Waals surface area contributed by atoms with Crippen LogP contribution in [0, 0.1) is 0 Å². The number of amides is 1. The van der Waals surface area contributed by atoms with Crippen LogP contribution in [0.25, 0.3) is 0 Å². The summed E-state index contributed by atoms with van der Waals surface area (Å²) in [5, 5.41) is 3.16. The smallest absolute Gasteiger partial charge is 0.223 e. The second kappa shape index (κ2) is 6.74. The summed E-state index contributed by atoms with van der Waals surface area (Å²) in [6.07, 6.45) is 0.450. The van der Waals surface area contributed by atoms with Gasteiger partial charge in [-0.15, -0.1) is 0 Å². The van der Waals surface area contributed by atoms with Crippen molar-refractivity contribution in [3.05, 3.63) is 18.2 Å². The van der Waals surface area contributed by atoms with Crippen LogP contribution in [0.15, 0.2) is 18.2 Å². The molecular formula is C13H21N3O2. The molecule has 3 N–H and O–H groups in total. The normalized spacial score (nSPS) is 9.94. The molecule has 0 fully saturated rings. The largest absolute Gasteiger partial charge is 0.494 e. The zero-order chi connectivity index (χ0) is 13.5. The Labute approximate surface area is 108 Å².